The number of benzene rings is 1. The van der Waals surface area contributed by atoms with Crippen molar-refractivity contribution in [2.24, 2.45) is 0 Å². The molecule has 102 valence electrons. The molecule has 3 aromatic rings. The minimum absolute atomic E-state index is 0.134. The van der Waals surface area contributed by atoms with Crippen LogP contribution < -0.4 is 5.32 Å². The van der Waals surface area contributed by atoms with Crippen molar-refractivity contribution < 1.29 is 4.42 Å². The molecule has 1 N–H and O–H groups in total. The molecule has 1 atom stereocenters. The van der Waals surface area contributed by atoms with E-state index in [1.165, 1.54) is 0 Å². The lowest BCUT2D eigenvalue weighted by molar-refractivity contribution is 0.494. The van der Waals surface area contributed by atoms with Gasteiger partial charge in [0, 0.05) is 18.9 Å². The zero-order chi connectivity index (χ0) is 13.9. The number of fused-ring (bicyclic) bond motifs is 1. The maximum absolute atomic E-state index is 5.74. The Balaban J connectivity index is 1.69. The van der Waals surface area contributed by atoms with Crippen molar-refractivity contribution in [1.82, 2.24) is 15.0 Å². The van der Waals surface area contributed by atoms with Crippen LogP contribution in [0, 0.1) is 0 Å². The van der Waals surface area contributed by atoms with Crippen LogP contribution in [0.15, 0.2) is 45.5 Å². The van der Waals surface area contributed by atoms with E-state index in [0.717, 1.165) is 21.5 Å². The smallest absolute Gasteiger partial charge is 0.222 e. The van der Waals surface area contributed by atoms with E-state index in [1.54, 1.807) is 12.4 Å². The predicted octanol–water partition coefficient (Wildman–Crippen LogP) is 3.60. The molecule has 2 heterocycles. The molecule has 2 aromatic heterocycles. The minimum atomic E-state index is 0.134. The van der Waals surface area contributed by atoms with E-state index in [0.29, 0.717) is 12.5 Å². The van der Waals surface area contributed by atoms with E-state index in [2.05, 4.69) is 43.1 Å². The largest absolute Gasteiger partial charge is 0.440 e. The molecule has 1 unspecified atom stereocenters. The van der Waals surface area contributed by atoms with Crippen LogP contribution in [0.5, 0.6) is 0 Å². The molecule has 0 radical (unpaired) electrons. The summed E-state index contributed by atoms with van der Waals surface area (Å²) in [6.07, 6.45) is 3.42. The van der Waals surface area contributed by atoms with Gasteiger partial charge in [0.05, 0.1) is 10.4 Å². The van der Waals surface area contributed by atoms with Gasteiger partial charge in [0.2, 0.25) is 5.95 Å². The summed E-state index contributed by atoms with van der Waals surface area (Å²) < 4.78 is 6.59. The highest BCUT2D eigenvalue weighted by Crippen LogP contribution is 2.21. The molecule has 0 spiro atoms. The molecule has 0 fully saturated rings. The lowest BCUT2D eigenvalue weighted by Gasteiger charge is -2.08. The monoisotopic (exact) mass is 332 g/mol. The van der Waals surface area contributed by atoms with Gasteiger partial charge < -0.3 is 9.73 Å². The molecule has 20 heavy (non-hydrogen) atoms. The second-order valence-corrected chi connectivity index (χ2v) is 5.44. The standard InChI is InChI=1S/C14H13BrN4O/c1-9(6-16-14-17-7-10(15)8-18-14)13-19-11-4-2-3-5-12(11)20-13/h2-5,7-9H,6H2,1H3,(H,16,17,18). The first-order chi connectivity index (χ1) is 9.72. The normalized spacial score (nSPS) is 12.5. The van der Waals surface area contributed by atoms with Crippen molar-refractivity contribution in [2.75, 3.05) is 11.9 Å². The van der Waals surface area contributed by atoms with E-state index in [4.69, 9.17) is 4.42 Å². The Morgan fingerprint density at radius 3 is 2.75 bits per heavy atom. The van der Waals surface area contributed by atoms with Crippen LogP contribution in [0.25, 0.3) is 11.1 Å². The average Bonchev–Trinajstić information content (AvgIpc) is 2.90. The Morgan fingerprint density at radius 2 is 2.00 bits per heavy atom. The molecule has 0 amide bonds. The topological polar surface area (TPSA) is 63.8 Å². The maximum Gasteiger partial charge on any atom is 0.222 e. The SMILES string of the molecule is CC(CNc1ncc(Br)cn1)c1nc2ccccc2o1. The van der Waals surface area contributed by atoms with E-state index in [-0.39, 0.29) is 5.92 Å². The molecule has 3 rings (SSSR count). The number of hydrogen-bond donors (Lipinski definition) is 1. The van der Waals surface area contributed by atoms with Crippen LogP contribution in [0.4, 0.5) is 5.95 Å². The van der Waals surface area contributed by atoms with Gasteiger partial charge in [0.25, 0.3) is 0 Å². The Bertz CT molecular complexity index is 678. The summed E-state index contributed by atoms with van der Waals surface area (Å²) in [6.45, 7) is 2.71. The van der Waals surface area contributed by atoms with Gasteiger partial charge in [-0.15, -0.1) is 0 Å². The number of nitrogens with zero attached hydrogens (tertiary/aromatic N) is 3. The number of aromatic nitrogens is 3. The zero-order valence-electron chi connectivity index (χ0n) is 10.9. The molecule has 0 bridgehead atoms. The van der Waals surface area contributed by atoms with Crippen molar-refractivity contribution in [3.8, 4) is 0 Å². The van der Waals surface area contributed by atoms with Crippen LogP contribution in [0.2, 0.25) is 0 Å². The number of rotatable bonds is 4. The fraction of sp³-hybridized carbons (Fsp3) is 0.214. The number of halogens is 1. The number of para-hydroxylation sites is 2. The van der Waals surface area contributed by atoms with E-state index in [9.17, 15) is 0 Å². The van der Waals surface area contributed by atoms with Crippen LogP contribution in [0.1, 0.15) is 18.7 Å². The van der Waals surface area contributed by atoms with Crippen molar-refractivity contribution in [3.05, 3.63) is 47.0 Å². The Morgan fingerprint density at radius 1 is 1.25 bits per heavy atom. The lowest BCUT2D eigenvalue weighted by atomic mass is 10.2. The van der Waals surface area contributed by atoms with Gasteiger partial charge in [-0.05, 0) is 28.1 Å². The van der Waals surface area contributed by atoms with Crippen LogP contribution in [-0.2, 0) is 0 Å². The third-order valence-electron chi connectivity index (χ3n) is 2.92. The van der Waals surface area contributed by atoms with Gasteiger partial charge in [-0.25, -0.2) is 15.0 Å². The first-order valence-corrected chi connectivity index (χ1v) is 7.08. The minimum Gasteiger partial charge on any atom is -0.440 e. The number of hydrogen-bond acceptors (Lipinski definition) is 5. The van der Waals surface area contributed by atoms with Crippen LogP contribution in [0.3, 0.4) is 0 Å². The number of oxazole rings is 1. The lowest BCUT2D eigenvalue weighted by Crippen LogP contribution is -2.12. The van der Waals surface area contributed by atoms with E-state index >= 15 is 0 Å². The molecule has 0 saturated heterocycles. The number of anilines is 1. The molecule has 0 aliphatic carbocycles. The second-order valence-electron chi connectivity index (χ2n) is 4.53. The van der Waals surface area contributed by atoms with Crippen LogP contribution >= 0.6 is 15.9 Å². The first-order valence-electron chi connectivity index (χ1n) is 6.29. The third-order valence-corrected chi connectivity index (χ3v) is 3.33. The summed E-state index contributed by atoms with van der Waals surface area (Å²) >= 11 is 3.30. The number of nitrogens with one attached hydrogen (secondary N) is 1. The molecular formula is C14H13BrN4O. The summed E-state index contributed by atoms with van der Waals surface area (Å²) in [5.41, 5.74) is 1.70. The summed E-state index contributed by atoms with van der Waals surface area (Å²) in [4.78, 5) is 12.8. The highest BCUT2D eigenvalue weighted by molar-refractivity contribution is 9.10. The van der Waals surface area contributed by atoms with Crippen molar-refractivity contribution >= 4 is 33.0 Å². The Kier molecular flexibility index (Phi) is 3.64. The zero-order valence-corrected chi connectivity index (χ0v) is 12.5. The summed E-state index contributed by atoms with van der Waals surface area (Å²) in [5.74, 6) is 1.45. The molecule has 6 heteroatoms. The Labute approximate surface area is 124 Å². The van der Waals surface area contributed by atoms with Crippen molar-refractivity contribution in [1.29, 1.82) is 0 Å². The third kappa shape index (κ3) is 2.80. The van der Waals surface area contributed by atoms with E-state index < -0.39 is 0 Å². The summed E-state index contributed by atoms with van der Waals surface area (Å²) in [7, 11) is 0. The van der Waals surface area contributed by atoms with E-state index in [1.807, 2.05) is 24.3 Å². The van der Waals surface area contributed by atoms with Gasteiger partial charge in [-0.1, -0.05) is 19.1 Å². The predicted molar refractivity (Wildman–Crippen MR) is 80.6 cm³/mol. The van der Waals surface area contributed by atoms with Gasteiger partial charge in [0.15, 0.2) is 11.5 Å². The summed E-state index contributed by atoms with van der Waals surface area (Å²) in [5, 5.41) is 3.17. The van der Waals surface area contributed by atoms with Gasteiger partial charge in [-0.2, -0.15) is 0 Å². The van der Waals surface area contributed by atoms with Gasteiger partial charge in [0.1, 0.15) is 5.52 Å². The highest BCUT2D eigenvalue weighted by atomic mass is 79.9. The fourth-order valence-corrected chi connectivity index (χ4v) is 2.04. The van der Waals surface area contributed by atoms with Crippen molar-refractivity contribution in [2.45, 2.75) is 12.8 Å². The maximum atomic E-state index is 5.74. The second kappa shape index (κ2) is 5.58. The summed E-state index contributed by atoms with van der Waals surface area (Å²) in [6, 6.07) is 7.76. The molecular weight excluding hydrogens is 320 g/mol. The van der Waals surface area contributed by atoms with Crippen LogP contribution in [-0.4, -0.2) is 21.5 Å². The average molecular weight is 333 g/mol. The molecule has 0 aliphatic rings. The highest BCUT2D eigenvalue weighted by Gasteiger charge is 2.13. The van der Waals surface area contributed by atoms with Gasteiger partial charge >= 0.3 is 0 Å². The quantitative estimate of drug-likeness (QED) is 0.790. The molecule has 5 nitrogen and oxygen atoms in total. The molecule has 1 aromatic carbocycles. The van der Waals surface area contributed by atoms with Crippen molar-refractivity contribution in [3.63, 3.8) is 0 Å². The van der Waals surface area contributed by atoms with Gasteiger partial charge in [-0.3, -0.25) is 0 Å². The Hall–Kier alpha value is -1.95. The molecule has 0 saturated carbocycles. The fourth-order valence-electron chi connectivity index (χ4n) is 1.84. The first kappa shape index (κ1) is 13.1. The molecule has 0 aliphatic heterocycles.